The second-order valence-electron chi connectivity index (χ2n) is 3.14. The lowest BCUT2D eigenvalue weighted by Crippen LogP contribution is -2.12. The number of carbonyl (C=O) groups excluding carboxylic acids is 1. The molecular weight excluding hydrogens is 228 g/mol. The van der Waals surface area contributed by atoms with Gasteiger partial charge in [-0.05, 0) is 24.6 Å². The molecule has 6 heteroatoms. The highest BCUT2D eigenvalue weighted by Gasteiger charge is 2.35. The minimum atomic E-state index is -4.83. The van der Waals surface area contributed by atoms with Crippen molar-refractivity contribution in [1.82, 2.24) is 0 Å². The number of hydrogen-bond acceptors (Lipinski definition) is 2. The van der Waals surface area contributed by atoms with E-state index in [1.165, 1.54) is 6.92 Å². The lowest BCUT2D eigenvalue weighted by Gasteiger charge is -2.11. The van der Waals surface area contributed by atoms with E-state index in [1.54, 1.807) is 0 Å². The molecule has 0 aliphatic rings. The van der Waals surface area contributed by atoms with E-state index in [9.17, 15) is 22.4 Å². The molecule has 0 aromatic heterocycles. The highest BCUT2D eigenvalue weighted by molar-refractivity contribution is 5.91. The zero-order chi connectivity index (χ0) is 12.5. The van der Waals surface area contributed by atoms with Crippen molar-refractivity contribution in [1.29, 1.82) is 0 Å². The Balaban J connectivity index is 3.39. The number of benzene rings is 1. The Labute approximate surface area is 88.8 Å². The maximum absolute atomic E-state index is 13.0. The molecule has 88 valence electrons. The number of rotatable bonds is 1. The molecule has 1 aromatic carbocycles. The van der Waals surface area contributed by atoms with Crippen molar-refractivity contribution in [3.63, 3.8) is 0 Å². The summed E-state index contributed by atoms with van der Waals surface area (Å²) in [6.07, 6.45) is -4.83. The SMILES string of the molecule is COC(=O)c1cc(C(F)(F)F)c(F)cc1C. The first kappa shape index (κ1) is 12.5. The lowest BCUT2D eigenvalue weighted by molar-refractivity contribution is -0.140. The Bertz CT molecular complexity index is 424. The first-order valence-corrected chi connectivity index (χ1v) is 4.23. The number of hydrogen-bond donors (Lipinski definition) is 0. The minimum Gasteiger partial charge on any atom is -0.465 e. The number of halogens is 4. The Hall–Kier alpha value is -1.59. The quantitative estimate of drug-likeness (QED) is 0.553. The van der Waals surface area contributed by atoms with Crippen LogP contribution in [0.1, 0.15) is 21.5 Å². The van der Waals surface area contributed by atoms with Crippen LogP contribution in [-0.2, 0) is 10.9 Å². The molecule has 0 atom stereocenters. The molecule has 0 amide bonds. The smallest absolute Gasteiger partial charge is 0.419 e. The third-order valence-corrected chi connectivity index (χ3v) is 2.02. The summed E-state index contributed by atoms with van der Waals surface area (Å²) in [6.45, 7) is 1.33. The van der Waals surface area contributed by atoms with E-state index in [0.717, 1.165) is 7.11 Å². The molecule has 0 heterocycles. The zero-order valence-electron chi connectivity index (χ0n) is 8.48. The van der Waals surface area contributed by atoms with Gasteiger partial charge >= 0.3 is 12.1 Å². The fourth-order valence-corrected chi connectivity index (χ4v) is 1.22. The normalized spacial score (nSPS) is 11.4. The van der Waals surface area contributed by atoms with Gasteiger partial charge in [-0.3, -0.25) is 0 Å². The molecule has 0 N–H and O–H groups in total. The van der Waals surface area contributed by atoms with Gasteiger partial charge in [-0.2, -0.15) is 13.2 Å². The number of aryl methyl sites for hydroxylation is 1. The first-order valence-electron chi connectivity index (χ1n) is 4.23. The molecule has 0 fully saturated rings. The molecule has 0 saturated heterocycles. The maximum Gasteiger partial charge on any atom is 0.419 e. The van der Waals surface area contributed by atoms with Gasteiger partial charge in [0.25, 0.3) is 0 Å². The second-order valence-corrected chi connectivity index (χ2v) is 3.14. The number of methoxy groups -OCH3 is 1. The van der Waals surface area contributed by atoms with Crippen molar-refractivity contribution < 1.29 is 27.1 Å². The zero-order valence-corrected chi connectivity index (χ0v) is 8.48. The monoisotopic (exact) mass is 236 g/mol. The van der Waals surface area contributed by atoms with Crippen molar-refractivity contribution >= 4 is 5.97 Å². The first-order chi connectivity index (χ1) is 7.27. The van der Waals surface area contributed by atoms with Crippen molar-refractivity contribution in [3.8, 4) is 0 Å². The summed E-state index contributed by atoms with van der Waals surface area (Å²) in [5, 5.41) is 0. The van der Waals surface area contributed by atoms with Gasteiger partial charge < -0.3 is 4.74 Å². The molecule has 0 saturated carbocycles. The van der Waals surface area contributed by atoms with Crippen LogP contribution in [0.3, 0.4) is 0 Å². The number of carbonyl (C=O) groups is 1. The number of ether oxygens (including phenoxy) is 1. The molecule has 0 unspecified atom stereocenters. The Morgan fingerprint density at radius 3 is 2.31 bits per heavy atom. The van der Waals surface area contributed by atoms with Crippen LogP contribution in [0.15, 0.2) is 12.1 Å². The van der Waals surface area contributed by atoms with Gasteiger partial charge in [0.15, 0.2) is 0 Å². The summed E-state index contributed by atoms with van der Waals surface area (Å²) < 4.78 is 54.3. The van der Waals surface area contributed by atoms with E-state index in [0.29, 0.717) is 12.1 Å². The molecule has 1 aromatic rings. The maximum atomic E-state index is 13.0. The van der Waals surface area contributed by atoms with E-state index in [2.05, 4.69) is 4.74 Å². The van der Waals surface area contributed by atoms with E-state index in [-0.39, 0.29) is 11.1 Å². The molecule has 1 rings (SSSR count). The summed E-state index contributed by atoms with van der Waals surface area (Å²) in [5.74, 6) is -2.33. The largest absolute Gasteiger partial charge is 0.465 e. The molecule has 0 aliphatic carbocycles. The van der Waals surface area contributed by atoms with Crippen LogP contribution < -0.4 is 0 Å². The van der Waals surface area contributed by atoms with Crippen LogP contribution in [0.2, 0.25) is 0 Å². The molecule has 0 aliphatic heterocycles. The second kappa shape index (κ2) is 4.11. The van der Waals surface area contributed by atoms with E-state index >= 15 is 0 Å². The molecule has 2 nitrogen and oxygen atoms in total. The van der Waals surface area contributed by atoms with Gasteiger partial charge in [-0.1, -0.05) is 0 Å². The standard InChI is InChI=1S/C10H8F4O2/c1-5-3-8(11)7(10(12,13)14)4-6(5)9(15)16-2/h3-4H,1-2H3. The van der Waals surface area contributed by atoms with Crippen LogP contribution in [0.5, 0.6) is 0 Å². The van der Waals surface area contributed by atoms with Crippen LogP contribution in [-0.4, -0.2) is 13.1 Å². The average Bonchev–Trinajstić information content (AvgIpc) is 2.14. The Kier molecular flexibility index (Phi) is 3.21. The summed E-state index contributed by atoms with van der Waals surface area (Å²) in [5.41, 5.74) is -1.67. The topological polar surface area (TPSA) is 26.3 Å². The van der Waals surface area contributed by atoms with Gasteiger partial charge in [-0.15, -0.1) is 0 Å². The fraction of sp³-hybridized carbons (Fsp3) is 0.300. The predicted molar refractivity (Wildman–Crippen MR) is 47.5 cm³/mol. The summed E-state index contributed by atoms with van der Waals surface area (Å²) in [6, 6.07) is 1.12. The highest BCUT2D eigenvalue weighted by atomic mass is 19.4. The van der Waals surface area contributed by atoms with Gasteiger partial charge in [-0.25, -0.2) is 9.18 Å². The van der Waals surface area contributed by atoms with E-state index in [1.807, 2.05) is 0 Å². The van der Waals surface area contributed by atoms with Crippen molar-refractivity contribution in [2.75, 3.05) is 7.11 Å². The third-order valence-electron chi connectivity index (χ3n) is 2.02. The summed E-state index contributed by atoms with van der Waals surface area (Å²) >= 11 is 0. The van der Waals surface area contributed by atoms with Gasteiger partial charge in [0, 0.05) is 0 Å². The third kappa shape index (κ3) is 2.32. The molecular formula is C10H8F4O2. The van der Waals surface area contributed by atoms with E-state index < -0.39 is 23.5 Å². The van der Waals surface area contributed by atoms with Gasteiger partial charge in [0.2, 0.25) is 0 Å². The summed E-state index contributed by atoms with van der Waals surface area (Å²) in [7, 11) is 1.04. The molecule has 0 radical (unpaired) electrons. The molecule has 16 heavy (non-hydrogen) atoms. The average molecular weight is 236 g/mol. The molecule has 0 spiro atoms. The lowest BCUT2D eigenvalue weighted by atomic mass is 10.0. The van der Waals surface area contributed by atoms with E-state index in [4.69, 9.17) is 0 Å². The fourth-order valence-electron chi connectivity index (χ4n) is 1.22. The highest BCUT2D eigenvalue weighted by Crippen LogP contribution is 2.33. The Morgan fingerprint density at radius 1 is 1.31 bits per heavy atom. The predicted octanol–water partition coefficient (Wildman–Crippen LogP) is 2.94. The number of esters is 1. The minimum absolute atomic E-state index is 0.0948. The van der Waals surface area contributed by atoms with Gasteiger partial charge in [0.1, 0.15) is 5.82 Å². The van der Waals surface area contributed by atoms with Crippen molar-refractivity contribution in [2.45, 2.75) is 13.1 Å². The van der Waals surface area contributed by atoms with Crippen LogP contribution in [0.25, 0.3) is 0 Å². The van der Waals surface area contributed by atoms with Crippen LogP contribution in [0.4, 0.5) is 17.6 Å². The van der Waals surface area contributed by atoms with Crippen molar-refractivity contribution in [3.05, 3.63) is 34.6 Å². The summed E-state index contributed by atoms with van der Waals surface area (Å²) in [4.78, 5) is 11.1. The van der Waals surface area contributed by atoms with Crippen LogP contribution in [0, 0.1) is 12.7 Å². The van der Waals surface area contributed by atoms with Gasteiger partial charge in [0.05, 0.1) is 18.2 Å². The number of alkyl halides is 3. The van der Waals surface area contributed by atoms with Crippen LogP contribution >= 0.6 is 0 Å². The Morgan fingerprint density at radius 2 is 1.88 bits per heavy atom. The van der Waals surface area contributed by atoms with Crippen molar-refractivity contribution in [2.24, 2.45) is 0 Å². The molecule has 0 bridgehead atoms.